The fourth-order valence-corrected chi connectivity index (χ4v) is 9.26. The van der Waals surface area contributed by atoms with Crippen LogP contribution in [-0.2, 0) is 9.53 Å². The zero-order chi connectivity index (χ0) is 26.2. The van der Waals surface area contributed by atoms with Gasteiger partial charge in [-0.05, 0) is 108 Å². The van der Waals surface area contributed by atoms with Crippen molar-refractivity contribution in [2.75, 3.05) is 0 Å². The van der Waals surface area contributed by atoms with Crippen LogP contribution in [0.5, 0.6) is 0 Å². The first-order valence-corrected chi connectivity index (χ1v) is 17.0. The van der Waals surface area contributed by atoms with E-state index >= 15 is 0 Å². The lowest BCUT2D eigenvalue weighted by molar-refractivity contribution is -0.145. The van der Waals surface area contributed by atoms with Gasteiger partial charge in [-0.1, -0.05) is 76.0 Å². The predicted octanol–water partition coefficient (Wildman–Crippen LogP) is 9.31. The Bertz CT molecular complexity index is 735. The van der Waals surface area contributed by atoms with E-state index in [2.05, 4.69) is 17.6 Å². The Morgan fingerprint density at radius 2 is 1.03 bits per heavy atom. The van der Waals surface area contributed by atoms with Crippen molar-refractivity contribution in [3.63, 3.8) is 0 Å². The molecule has 5 aliphatic carbocycles. The minimum atomic E-state index is -0.246. The monoisotopic (exact) mass is 523 g/mol. The van der Waals surface area contributed by atoms with Crippen molar-refractivity contribution in [2.24, 2.45) is 17.8 Å². The third-order valence-electron chi connectivity index (χ3n) is 11.3. The summed E-state index contributed by atoms with van der Waals surface area (Å²) in [7, 11) is 0. The number of hydrogen-bond donors (Lipinski definition) is 0. The predicted molar refractivity (Wildman–Crippen MR) is 158 cm³/mol. The van der Waals surface area contributed by atoms with E-state index in [0.29, 0.717) is 6.04 Å². The second-order valence-electron chi connectivity index (χ2n) is 13.7. The number of carbonyl (C=O) groups is 1. The maximum absolute atomic E-state index is 11.7. The van der Waals surface area contributed by atoms with Gasteiger partial charge in [-0.25, -0.2) is 4.79 Å². The number of rotatable bonds is 8. The second-order valence-corrected chi connectivity index (χ2v) is 13.7. The third-order valence-corrected chi connectivity index (χ3v) is 11.3. The van der Waals surface area contributed by atoms with Crippen LogP contribution in [0.3, 0.4) is 0 Å². The van der Waals surface area contributed by atoms with Gasteiger partial charge in [-0.2, -0.15) is 0 Å². The Balaban J connectivity index is 1.22. The van der Waals surface area contributed by atoms with Gasteiger partial charge < -0.3 is 4.74 Å². The minimum Gasteiger partial charge on any atom is -0.459 e. The van der Waals surface area contributed by atoms with Gasteiger partial charge in [0.05, 0.1) is 0 Å². The zero-order valence-electron chi connectivity index (χ0n) is 24.4. The Labute approximate surface area is 234 Å². The summed E-state index contributed by atoms with van der Waals surface area (Å²) in [6.07, 6.45) is 36.1. The van der Waals surface area contributed by atoms with Crippen molar-refractivity contribution >= 4 is 5.97 Å². The van der Waals surface area contributed by atoms with Crippen LogP contribution < -0.4 is 0 Å². The maximum Gasteiger partial charge on any atom is 0.330 e. The van der Waals surface area contributed by atoms with E-state index in [9.17, 15) is 4.79 Å². The highest BCUT2D eigenvalue weighted by atomic mass is 16.5. The number of nitrogens with zero attached hydrogens (tertiary/aromatic N) is 1. The number of ether oxygens (including phenoxy) is 1. The molecule has 0 aromatic rings. The molecule has 0 amide bonds. The van der Waals surface area contributed by atoms with Crippen molar-refractivity contribution in [1.82, 2.24) is 4.90 Å². The molecule has 0 spiro atoms. The number of allylic oxidation sites excluding steroid dienone is 2. The van der Waals surface area contributed by atoms with Gasteiger partial charge in [0, 0.05) is 24.2 Å². The lowest BCUT2D eigenvalue weighted by Crippen LogP contribution is -2.52. The average Bonchev–Trinajstić information content (AvgIpc) is 2.99. The zero-order valence-corrected chi connectivity index (χ0v) is 24.4. The Morgan fingerprint density at radius 1 is 0.579 bits per heavy atom. The van der Waals surface area contributed by atoms with Crippen molar-refractivity contribution < 1.29 is 9.53 Å². The molecule has 0 aliphatic heterocycles. The quantitative estimate of drug-likeness (QED) is 0.180. The van der Waals surface area contributed by atoms with Crippen LogP contribution in [0.25, 0.3) is 0 Å². The number of hydrogen-bond acceptors (Lipinski definition) is 3. The summed E-state index contributed by atoms with van der Waals surface area (Å²) < 4.78 is 5.63. The van der Waals surface area contributed by atoms with Gasteiger partial charge in [0.25, 0.3) is 0 Å². The molecule has 5 fully saturated rings. The molecule has 0 aromatic carbocycles. The molecular weight excluding hydrogens is 466 g/mol. The van der Waals surface area contributed by atoms with Crippen molar-refractivity contribution in [3.8, 4) is 0 Å². The molecule has 0 aromatic heterocycles. The van der Waals surface area contributed by atoms with Crippen LogP contribution in [0.2, 0.25) is 0 Å². The topological polar surface area (TPSA) is 29.5 Å². The van der Waals surface area contributed by atoms with Gasteiger partial charge in [0.15, 0.2) is 0 Å². The molecule has 38 heavy (non-hydrogen) atoms. The molecule has 5 aliphatic rings. The summed E-state index contributed by atoms with van der Waals surface area (Å²) in [5.41, 5.74) is 1.93. The van der Waals surface area contributed by atoms with Gasteiger partial charge >= 0.3 is 5.97 Å². The van der Waals surface area contributed by atoms with Gasteiger partial charge in [-0.15, -0.1) is 0 Å². The van der Waals surface area contributed by atoms with Crippen LogP contribution in [-0.4, -0.2) is 35.1 Å². The highest BCUT2D eigenvalue weighted by Gasteiger charge is 2.38. The first-order valence-electron chi connectivity index (χ1n) is 17.0. The molecular formula is C35H57NO2. The summed E-state index contributed by atoms with van der Waals surface area (Å²) in [5, 5.41) is 0. The molecule has 5 rings (SSSR count). The molecule has 0 unspecified atom stereocenters. The molecule has 0 heterocycles. The normalized spacial score (nSPS) is 32.6. The van der Waals surface area contributed by atoms with Crippen LogP contribution in [0, 0.1) is 17.8 Å². The molecule has 0 N–H and O–H groups in total. The first kappa shape index (κ1) is 28.4. The summed E-state index contributed by atoms with van der Waals surface area (Å²) in [4.78, 5) is 14.8. The fraction of sp³-hybridized carbons (Fsp3) is 0.857. The SMILES string of the molecule is C=CC(=O)OC1CCC(N(C2CCCCC2)C2CCC(C=C(C3CCCCC3)C3CCCCC3)CC2)CC1. The molecule has 0 bridgehead atoms. The molecule has 0 saturated heterocycles. The first-order chi connectivity index (χ1) is 18.7. The maximum atomic E-state index is 11.7. The van der Waals surface area contributed by atoms with E-state index in [0.717, 1.165) is 42.7 Å². The third kappa shape index (κ3) is 7.55. The summed E-state index contributed by atoms with van der Waals surface area (Å²) in [6, 6.07) is 2.25. The van der Waals surface area contributed by atoms with Gasteiger partial charge in [-0.3, -0.25) is 4.90 Å². The number of esters is 1. The molecule has 3 nitrogen and oxygen atoms in total. The summed E-state index contributed by atoms with van der Waals surface area (Å²) >= 11 is 0. The largest absolute Gasteiger partial charge is 0.459 e. The molecule has 0 atom stereocenters. The van der Waals surface area contributed by atoms with E-state index < -0.39 is 0 Å². The molecule has 3 heteroatoms. The fourth-order valence-electron chi connectivity index (χ4n) is 9.26. The molecule has 0 radical (unpaired) electrons. The van der Waals surface area contributed by atoms with Crippen LogP contribution in [0.4, 0.5) is 0 Å². The van der Waals surface area contributed by atoms with Crippen molar-refractivity contribution in [1.29, 1.82) is 0 Å². The van der Waals surface area contributed by atoms with E-state index in [1.54, 1.807) is 0 Å². The van der Waals surface area contributed by atoms with Crippen LogP contribution >= 0.6 is 0 Å². The molecule has 5 saturated carbocycles. The highest BCUT2D eigenvalue weighted by Crippen LogP contribution is 2.43. The van der Waals surface area contributed by atoms with Crippen molar-refractivity contribution in [3.05, 3.63) is 24.3 Å². The van der Waals surface area contributed by atoms with E-state index in [1.165, 1.54) is 141 Å². The Morgan fingerprint density at radius 3 is 1.53 bits per heavy atom. The van der Waals surface area contributed by atoms with E-state index in [4.69, 9.17) is 4.74 Å². The summed E-state index contributed by atoms with van der Waals surface area (Å²) in [5.74, 6) is 2.40. The van der Waals surface area contributed by atoms with Gasteiger partial charge in [0.2, 0.25) is 0 Å². The lowest BCUT2D eigenvalue weighted by atomic mass is 9.71. The van der Waals surface area contributed by atoms with Crippen LogP contribution in [0.15, 0.2) is 24.3 Å². The van der Waals surface area contributed by atoms with E-state index in [1.807, 2.05) is 5.57 Å². The Kier molecular flexibility index (Phi) is 10.9. The minimum absolute atomic E-state index is 0.101. The van der Waals surface area contributed by atoms with Gasteiger partial charge in [0.1, 0.15) is 6.10 Å². The summed E-state index contributed by atoms with van der Waals surface area (Å²) in [6.45, 7) is 3.58. The average molecular weight is 524 g/mol. The highest BCUT2D eigenvalue weighted by molar-refractivity contribution is 5.81. The lowest BCUT2D eigenvalue weighted by Gasteiger charge is -2.48. The van der Waals surface area contributed by atoms with Crippen LogP contribution in [0.1, 0.15) is 148 Å². The number of carbonyl (C=O) groups excluding carboxylic acids is 1. The van der Waals surface area contributed by atoms with Crippen molar-refractivity contribution in [2.45, 2.75) is 172 Å². The Hall–Kier alpha value is -1.09. The molecule has 214 valence electrons. The van der Waals surface area contributed by atoms with E-state index in [-0.39, 0.29) is 12.1 Å². The second kappa shape index (κ2) is 14.5. The standard InChI is InChI=1S/C35H57NO2/c1-2-35(37)38-33-24-22-32(23-25-33)36(30-16-10-5-11-17-30)31-20-18-27(19-21-31)26-34(28-12-6-3-7-13-28)29-14-8-4-9-15-29/h2,26-33H,1,3-25H2. The smallest absolute Gasteiger partial charge is 0.330 e.